The summed E-state index contributed by atoms with van der Waals surface area (Å²) in [4.78, 5) is 12.6. The van der Waals surface area contributed by atoms with Gasteiger partial charge in [0.15, 0.2) is 5.82 Å². The highest BCUT2D eigenvalue weighted by Gasteiger charge is 2.14. The fraction of sp³-hybridized carbons (Fsp3) is 0. The number of hydrogen-bond acceptors (Lipinski definition) is 5. The number of carbonyl (C=O) groups is 1. The van der Waals surface area contributed by atoms with Crippen LogP contribution in [0.15, 0.2) is 60.7 Å². The molecule has 2 aromatic carbocycles. The van der Waals surface area contributed by atoms with Crippen molar-refractivity contribution in [2.45, 2.75) is 0 Å². The maximum Gasteiger partial charge on any atom is 0.250 e. The quantitative estimate of drug-likeness (QED) is 0.561. The molecule has 2 heterocycles. The lowest BCUT2D eigenvalue weighted by Crippen LogP contribution is -2.07. The van der Waals surface area contributed by atoms with E-state index in [4.69, 9.17) is 0 Å². The number of aromatic nitrogens is 4. The first-order valence-corrected chi connectivity index (χ1v) is 8.53. The minimum absolute atomic E-state index is 0.290. The van der Waals surface area contributed by atoms with Crippen molar-refractivity contribution in [2.75, 3.05) is 5.32 Å². The van der Waals surface area contributed by atoms with Crippen molar-refractivity contribution in [3.05, 3.63) is 72.1 Å². The molecule has 0 aliphatic heterocycles. The summed E-state index contributed by atoms with van der Waals surface area (Å²) in [5.74, 6) is -0.135. The molecule has 0 unspecified atom stereocenters. The Balaban J connectivity index is 1.54. The molecule has 0 aliphatic carbocycles. The number of benzene rings is 2. The van der Waals surface area contributed by atoms with E-state index in [2.05, 4.69) is 20.6 Å². The van der Waals surface area contributed by atoms with Crippen molar-refractivity contribution in [1.82, 2.24) is 19.8 Å². The molecule has 4 rings (SSSR count). The molecule has 1 N–H and O–H groups in total. The molecule has 128 valence electrons. The maximum atomic E-state index is 13.1. The van der Waals surface area contributed by atoms with E-state index in [0.29, 0.717) is 21.5 Å². The van der Waals surface area contributed by atoms with E-state index in [1.807, 2.05) is 30.3 Å². The Kier molecular flexibility index (Phi) is 4.24. The molecule has 0 saturated heterocycles. The van der Waals surface area contributed by atoms with Crippen molar-refractivity contribution < 1.29 is 9.18 Å². The van der Waals surface area contributed by atoms with Crippen molar-refractivity contribution in [3.63, 3.8) is 0 Å². The lowest BCUT2D eigenvalue weighted by atomic mass is 10.2. The minimum atomic E-state index is -0.328. The van der Waals surface area contributed by atoms with Crippen molar-refractivity contribution in [1.29, 1.82) is 0 Å². The zero-order valence-electron chi connectivity index (χ0n) is 13.3. The van der Waals surface area contributed by atoms with E-state index in [-0.39, 0.29) is 11.7 Å². The van der Waals surface area contributed by atoms with Gasteiger partial charge in [0.2, 0.25) is 16.0 Å². The maximum absolute atomic E-state index is 13.1. The van der Waals surface area contributed by atoms with E-state index >= 15 is 0 Å². The van der Waals surface area contributed by atoms with E-state index in [9.17, 15) is 9.18 Å². The minimum Gasteiger partial charge on any atom is -0.297 e. The van der Waals surface area contributed by atoms with Gasteiger partial charge < -0.3 is 0 Å². The number of anilines is 1. The Labute approximate surface area is 151 Å². The summed E-state index contributed by atoms with van der Waals surface area (Å²) in [6, 6.07) is 15.4. The van der Waals surface area contributed by atoms with Crippen molar-refractivity contribution in [3.8, 4) is 11.4 Å². The van der Waals surface area contributed by atoms with E-state index in [0.717, 1.165) is 5.56 Å². The lowest BCUT2D eigenvalue weighted by Gasteiger charge is -1.97. The third kappa shape index (κ3) is 3.35. The normalized spacial score (nSPS) is 11.3. The van der Waals surface area contributed by atoms with Crippen LogP contribution in [0.3, 0.4) is 0 Å². The predicted molar refractivity (Wildman–Crippen MR) is 98.2 cm³/mol. The second kappa shape index (κ2) is 6.85. The molecule has 6 nitrogen and oxygen atoms in total. The van der Waals surface area contributed by atoms with Crippen LogP contribution in [0.25, 0.3) is 22.4 Å². The van der Waals surface area contributed by atoms with E-state index in [1.54, 1.807) is 18.2 Å². The summed E-state index contributed by atoms with van der Waals surface area (Å²) in [6.45, 7) is 0. The smallest absolute Gasteiger partial charge is 0.250 e. The first-order chi connectivity index (χ1) is 12.7. The second-order valence-electron chi connectivity index (χ2n) is 5.37. The highest BCUT2D eigenvalue weighted by molar-refractivity contribution is 7.20. The monoisotopic (exact) mass is 365 g/mol. The van der Waals surface area contributed by atoms with Crippen molar-refractivity contribution in [2.24, 2.45) is 0 Å². The number of hydrogen-bond donors (Lipinski definition) is 1. The molecule has 26 heavy (non-hydrogen) atoms. The molecule has 0 atom stereocenters. The number of amides is 1. The molecule has 8 heteroatoms. The Morgan fingerprint density at radius 1 is 1.08 bits per heavy atom. The highest BCUT2D eigenvalue weighted by atomic mass is 32.1. The molecule has 0 aliphatic rings. The second-order valence-corrected chi connectivity index (χ2v) is 6.32. The highest BCUT2D eigenvalue weighted by Crippen LogP contribution is 2.24. The summed E-state index contributed by atoms with van der Waals surface area (Å²) >= 11 is 1.20. The van der Waals surface area contributed by atoms with Gasteiger partial charge in [0.1, 0.15) is 5.82 Å². The first kappa shape index (κ1) is 16.1. The van der Waals surface area contributed by atoms with Gasteiger partial charge in [-0.3, -0.25) is 10.1 Å². The third-order valence-corrected chi connectivity index (χ3v) is 4.36. The Hall–Kier alpha value is -3.39. The Bertz CT molecular complexity index is 1090. The van der Waals surface area contributed by atoms with Crippen LogP contribution in [-0.4, -0.2) is 25.7 Å². The molecule has 0 fully saturated rings. The molecule has 1 amide bonds. The van der Waals surface area contributed by atoms with Crippen LogP contribution in [0.1, 0.15) is 5.56 Å². The molecule has 0 bridgehead atoms. The summed E-state index contributed by atoms with van der Waals surface area (Å²) in [5, 5.41) is 15.5. The Morgan fingerprint density at radius 2 is 1.85 bits per heavy atom. The van der Waals surface area contributed by atoms with Gasteiger partial charge in [0.25, 0.3) is 0 Å². The van der Waals surface area contributed by atoms with Crippen molar-refractivity contribution >= 4 is 33.4 Å². The SMILES string of the molecule is O=C(/C=C/c1ccccc1)Nc1nn2c(-c3ccc(F)cc3)nnc2s1. The first-order valence-electron chi connectivity index (χ1n) is 7.71. The molecular weight excluding hydrogens is 353 g/mol. The van der Waals surface area contributed by atoms with Crippen LogP contribution >= 0.6 is 11.3 Å². The zero-order chi connectivity index (χ0) is 17.9. The molecule has 0 radical (unpaired) electrons. The summed E-state index contributed by atoms with van der Waals surface area (Å²) in [5.41, 5.74) is 1.62. The molecule has 4 aromatic rings. The molecule has 0 spiro atoms. The van der Waals surface area contributed by atoms with Crippen LogP contribution in [0.5, 0.6) is 0 Å². The van der Waals surface area contributed by atoms with Gasteiger partial charge in [0.05, 0.1) is 0 Å². The fourth-order valence-electron chi connectivity index (χ4n) is 2.33. The molecule has 0 saturated carbocycles. The molecular formula is C18H12FN5OS. The van der Waals surface area contributed by atoms with Gasteiger partial charge in [-0.2, -0.15) is 4.52 Å². The summed E-state index contributed by atoms with van der Waals surface area (Å²) in [7, 11) is 0. The number of nitrogens with one attached hydrogen (secondary N) is 1. The number of fused-ring (bicyclic) bond motifs is 1. The van der Waals surface area contributed by atoms with Crippen LogP contribution in [0.4, 0.5) is 9.52 Å². The predicted octanol–water partition coefficient (Wildman–Crippen LogP) is 3.64. The average molecular weight is 365 g/mol. The van der Waals surface area contributed by atoms with Gasteiger partial charge in [-0.25, -0.2) is 4.39 Å². The third-order valence-electron chi connectivity index (χ3n) is 3.55. The van der Waals surface area contributed by atoms with Gasteiger partial charge in [-0.05, 0) is 35.9 Å². The number of carbonyl (C=O) groups excluding carboxylic acids is 1. The summed E-state index contributed by atoms with van der Waals surface area (Å²) in [6.07, 6.45) is 3.16. The summed E-state index contributed by atoms with van der Waals surface area (Å²) < 4.78 is 14.6. The van der Waals surface area contributed by atoms with Gasteiger partial charge in [0, 0.05) is 11.6 Å². The van der Waals surface area contributed by atoms with Gasteiger partial charge >= 0.3 is 0 Å². The fourth-order valence-corrected chi connectivity index (χ4v) is 3.07. The van der Waals surface area contributed by atoms with Crippen LogP contribution in [0.2, 0.25) is 0 Å². The Morgan fingerprint density at radius 3 is 2.62 bits per heavy atom. The number of nitrogens with zero attached hydrogens (tertiary/aromatic N) is 4. The van der Waals surface area contributed by atoms with Crippen LogP contribution in [-0.2, 0) is 4.79 Å². The molecule has 2 aromatic heterocycles. The zero-order valence-corrected chi connectivity index (χ0v) is 14.2. The van der Waals surface area contributed by atoms with E-state index in [1.165, 1.54) is 34.1 Å². The average Bonchev–Trinajstić information content (AvgIpc) is 3.22. The lowest BCUT2D eigenvalue weighted by molar-refractivity contribution is -0.111. The number of halogens is 1. The van der Waals surface area contributed by atoms with Gasteiger partial charge in [-0.1, -0.05) is 41.7 Å². The standard InChI is InChI=1S/C18H12FN5OS/c19-14-9-7-13(8-10-14)16-21-22-18-24(16)23-17(26-18)20-15(25)11-6-12-4-2-1-3-5-12/h1-11H,(H,20,23,25)/b11-6+. The van der Waals surface area contributed by atoms with E-state index < -0.39 is 0 Å². The van der Waals surface area contributed by atoms with Gasteiger partial charge in [-0.15, -0.1) is 15.3 Å². The van der Waals surface area contributed by atoms with Crippen LogP contribution in [0, 0.1) is 5.82 Å². The largest absolute Gasteiger partial charge is 0.297 e. The van der Waals surface area contributed by atoms with Crippen LogP contribution < -0.4 is 5.32 Å². The topological polar surface area (TPSA) is 72.2 Å². The number of rotatable bonds is 4.